The highest BCUT2D eigenvalue weighted by molar-refractivity contribution is 9.10. The van der Waals surface area contributed by atoms with Crippen molar-refractivity contribution in [2.75, 3.05) is 13.2 Å². The summed E-state index contributed by atoms with van der Waals surface area (Å²) in [7, 11) is 0. The first-order chi connectivity index (χ1) is 14.3. The first-order valence-electron chi connectivity index (χ1n) is 10.7. The summed E-state index contributed by atoms with van der Waals surface area (Å²) < 4.78 is 20.3. The van der Waals surface area contributed by atoms with E-state index in [4.69, 9.17) is 14.2 Å². The van der Waals surface area contributed by atoms with Gasteiger partial charge in [0.2, 0.25) is 0 Å². The smallest absolute Gasteiger partial charge is 0.407 e. The summed E-state index contributed by atoms with van der Waals surface area (Å²) in [5, 5.41) is 8.51. The minimum atomic E-state index is -0.477. The van der Waals surface area contributed by atoms with Crippen LogP contribution in [0, 0.1) is 5.92 Å². The third kappa shape index (κ3) is 5.09. The molecule has 0 bridgehead atoms. The number of nitrogens with zero attached hydrogens (tertiary/aromatic N) is 2. The van der Waals surface area contributed by atoms with E-state index in [0.29, 0.717) is 12.5 Å². The molecule has 2 fully saturated rings. The Morgan fingerprint density at radius 2 is 2.13 bits per heavy atom. The SMILES string of the molecule is CC(C)(C)OC(=O)N[C@H]1C[C@@H](COc2cc(Br)cc3c2cnn3C2CCCCO2)C1. The Hall–Kier alpha value is -1.80. The van der Waals surface area contributed by atoms with Gasteiger partial charge in [-0.3, -0.25) is 0 Å². The van der Waals surface area contributed by atoms with Crippen molar-refractivity contribution in [2.45, 2.75) is 70.7 Å². The summed E-state index contributed by atoms with van der Waals surface area (Å²) in [6, 6.07) is 4.21. The predicted octanol–water partition coefficient (Wildman–Crippen LogP) is 5.18. The Labute approximate surface area is 185 Å². The van der Waals surface area contributed by atoms with Gasteiger partial charge >= 0.3 is 6.09 Å². The van der Waals surface area contributed by atoms with E-state index in [0.717, 1.165) is 59.8 Å². The number of benzene rings is 1. The van der Waals surface area contributed by atoms with E-state index in [-0.39, 0.29) is 18.4 Å². The fourth-order valence-electron chi connectivity index (χ4n) is 4.02. The zero-order valence-electron chi connectivity index (χ0n) is 17.8. The van der Waals surface area contributed by atoms with Crippen molar-refractivity contribution >= 4 is 32.9 Å². The summed E-state index contributed by atoms with van der Waals surface area (Å²) in [5.74, 6) is 1.24. The summed E-state index contributed by atoms with van der Waals surface area (Å²) in [6.45, 7) is 6.99. The molecule has 1 atom stereocenters. The molecular formula is C22H30BrN3O4. The lowest BCUT2D eigenvalue weighted by molar-refractivity contribution is -0.0366. The van der Waals surface area contributed by atoms with Gasteiger partial charge in [0.05, 0.1) is 23.7 Å². The maximum absolute atomic E-state index is 11.9. The average Bonchev–Trinajstić information content (AvgIpc) is 3.06. The fourth-order valence-corrected chi connectivity index (χ4v) is 4.44. The van der Waals surface area contributed by atoms with E-state index in [1.165, 1.54) is 0 Å². The van der Waals surface area contributed by atoms with Gasteiger partial charge in [-0.1, -0.05) is 15.9 Å². The van der Waals surface area contributed by atoms with E-state index < -0.39 is 5.60 Å². The molecule has 1 saturated carbocycles. The zero-order chi connectivity index (χ0) is 21.3. The van der Waals surface area contributed by atoms with Crippen LogP contribution in [0.2, 0.25) is 0 Å². The summed E-state index contributed by atoms with van der Waals surface area (Å²) in [6.07, 6.45) is 6.54. The summed E-state index contributed by atoms with van der Waals surface area (Å²) in [5.41, 5.74) is 0.541. The second-order valence-corrected chi connectivity index (χ2v) is 10.2. The molecule has 4 rings (SSSR count). The molecule has 1 aromatic heterocycles. The third-order valence-electron chi connectivity index (χ3n) is 5.50. The molecule has 2 aliphatic rings. The number of aromatic nitrogens is 2. The second kappa shape index (κ2) is 8.75. The van der Waals surface area contributed by atoms with Crippen molar-refractivity contribution in [1.82, 2.24) is 15.1 Å². The molecule has 2 aromatic rings. The van der Waals surface area contributed by atoms with Crippen LogP contribution in [0.25, 0.3) is 10.9 Å². The quantitative estimate of drug-likeness (QED) is 0.639. The topological polar surface area (TPSA) is 74.6 Å². The van der Waals surface area contributed by atoms with Crippen molar-refractivity contribution in [3.05, 3.63) is 22.8 Å². The summed E-state index contributed by atoms with van der Waals surface area (Å²) >= 11 is 3.60. The molecule has 1 aliphatic carbocycles. The highest BCUT2D eigenvalue weighted by Crippen LogP contribution is 2.35. The molecular weight excluding hydrogens is 450 g/mol. The van der Waals surface area contributed by atoms with Gasteiger partial charge < -0.3 is 19.5 Å². The Bertz CT molecular complexity index is 896. The Morgan fingerprint density at radius 1 is 1.33 bits per heavy atom. The number of nitrogens with one attached hydrogen (secondary N) is 1. The van der Waals surface area contributed by atoms with Crippen LogP contribution in [0.4, 0.5) is 4.79 Å². The van der Waals surface area contributed by atoms with Crippen LogP contribution in [-0.4, -0.2) is 40.7 Å². The number of hydrogen-bond acceptors (Lipinski definition) is 5. The van der Waals surface area contributed by atoms with Gasteiger partial charge in [0.25, 0.3) is 0 Å². The maximum atomic E-state index is 11.9. The van der Waals surface area contributed by atoms with Crippen LogP contribution in [0.15, 0.2) is 22.8 Å². The van der Waals surface area contributed by atoms with Gasteiger partial charge in [-0.15, -0.1) is 0 Å². The number of carbonyl (C=O) groups excluding carboxylic acids is 1. The standard InChI is InChI=1S/C22H30BrN3O4/c1-22(2,3)30-21(27)25-16-8-14(9-16)13-29-19-11-15(23)10-18-17(19)12-24-26(18)20-6-4-5-7-28-20/h10-12,14,16,20H,4-9,13H2,1-3H3,(H,25,27)/t14-,16+,20?. The molecule has 1 unspecified atom stereocenters. The van der Waals surface area contributed by atoms with Gasteiger partial charge in [-0.25, -0.2) is 9.48 Å². The van der Waals surface area contributed by atoms with Gasteiger partial charge in [-0.05, 0) is 70.9 Å². The molecule has 1 N–H and O–H groups in total. The van der Waals surface area contributed by atoms with Crippen LogP contribution in [-0.2, 0) is 9.47 Å². The van der Waals surface area contributed by atoms with Crippen molar-refractivity contribution in [2.24, 2.45) is 5.92 Å². The molecule has 0 spiro atoms. The van der Waals surface area contributed by atoms with Gasteiger partial charge in [0, 0.05) is 17.1 Å². The van der Waals surface area contributed by atoms with Gasteiger partial charge in [-0.2, -0.15) is 5.10 Å². The molecule has 1 amide bonds. The third-order valence-corrected chi connectivity index (χ3v) is 5.96. The lowest BCUT2D eigenvalue weighted by atomic mass is 9.81. The molecule has 164 valence electrons. The van der Waals surface area contributed by atoms with Crippen LogP contribution >= 0.6 is 15.9 Å². The Morgan fingerprint density at radius 3 is 2.83 bits per heavy atom. The monoisotopic (exact) mass is 479 g/mol. The predicted molar refractivity (Wildman–Crippen MR) is 118 cm³/mol. The zero-order valence-corrected chi connectivity index (χ0v) is 19.4. The van der Waals surface area contributed by atoms with Gasteiger partial charge in [0.1, 0.15) is 11.4 Å². The van der Waals surface area contributed by atoms with Crippen LogP contribution in [0.1, 0.15) is 59.1 Å². The van der Waals surface area contributed by atoms with Crippen LogP contribution < -0.4 is 10.1 Å². The number of halogens is 1. The molecule has 1 aliphatic heterocycles. The highest BCUT2D eigenvalue weighted by atomic mass is 79.9. The van der Waals surface area contributed by atoms with Crippen molar-refractivity contribution in [1.29, 1.82) is 0 Å². The highest BCUT2D eigenvalue weighted by Gasteiger charge is 2.32. The van der Waals surface area contributed by atoms with Crippen molar-refractivity contribution < 1.29 is 19.0 Å². The Kier molecular flexibility index (Phi) is 6.25. The Balaban J connectivity index is 1.34. The molecule has 30 heavy (non-hydrogen) atoms. The number of hydrogen-bond donors (Lipinski definition) is 1. The molecule has 1 aromatic carbocycles. The molecule has 8 heteroatoms. The first kappa shape index (κ1) is 21.4. The number of ether oxygens (including phenoxy) is 3. The van der Waals surface area contributed by atoms with Crippen molar-refractivity contribution in [3.63, 3.8) is 0 Å². The lowest BCUT2D eigenvalue weighted by Gasteiger charge is -2.36. The maximum Gasteiger partial charge on any atom is 0.407 e. The van der Waals surface area contributed by atoms with E-state index in [1.54, 1.807) is 0 Å². The van der Waals surface area contributed by atoms with E-state index >= 15 is 0 Å². The molecule has 2 heterocycles. The number of rotatable bonds is 5. The summed E-state index contributed by atoms with van der Waals surface area (Å²) in [4.78, 5) is 11.9. The molecule has 7 nitrogen and oxygen atoms in total. The van der Waals surface area contributed by atoms with E-state index in [1.807, 2.05) is 37.7 Å². The van der Waals surface area contributed by atoms with Gasteiger partial charge in [0.15, 0.2) is 6.23 Å². The number of alkyl carbamates (subject to hydrolysis) is 1. The number of fused-ring (bicyclic) bond motifs is 1. The first-order valence-corrected chi connectivity index (χ1v) is 11.5. The van der Waals surface area contributed by atoms with Crippen molar-refractivity contribution in [3.8, 4) is 5.75 Å². The second-order valence-electron chi connectivity index (χ2n) is 9.24. The largest absolute Gasteiger partial charge is 0.492 e. The molecule has 0 radical (unpaired) electrons. The normalized spacial score (nSPS) is 24.3. The average molecular weight is 480 g/mol. The van der Waals surface area contributed by atoms with E-state index in [9.17, 15) is 4.79 Å². The number of amides is 1. The van der Waals surface area contributed by atoms with Crippen LogP contribution in [0.5, 0.6) is 5.75 Å². The lowest BCUT2D eigenvalue weighted by Crippen LogP contribution is -2.47. The minimum Gasteiger partial charge on any atom is -0.492 e. The fraction of sp³-hybridized carbons (Fsp3) is 0.636. The minimum absolute atomic E-state index is 0.00952. The van der Waals surface area contributed by atoms with E-state index in [2.05, 4.69) is 32.4 Å². The van der Waals surface area contributed by atoms with Crippen LogP contribution in [0.3, 0.4) is 0 Å². The molecule has 1 saturated heterocycles. The number of carbonyl (C=O) groups is 1.